The zero-order valence-electron chi connectivity index (χ0n) is 11.8. The Morgan fingerprint density at radius 1 is 1.19 bits per heavy atom. The van der Waals surface area contributed by atoms with E-state index >= 15 is 0 Å². The third kappa shape index (κ3) is 2.49. The Hall–Kier alpha value is -0.340. The molecule has 1 rings (SSSR count). The number of likely N-dealkylation sites (N-methyl/N-ethyl adjacent to an activating group) is 1. The molecule has 94 valence electrons. The van der Waals surface area contributed by atoms with Crippen molar-refractivity contribution in [3.63, 3.8) is 0 Å². The summed E-state index contributed by atoms with van der Waals surface area (Å²) in [4.78, 5) is 5.09. The van der Waals surface area contributed by atoms with Crippen LogP contribution in [0, 0.1) is 11.8 Å². The van der Waals surface area contributed by atoms with Crippen molar-refractivity contribution in [1.82, 2.24) is 9.80 Å². The average molecular weight is 224 g/mol. The van der Waals surface area contributed by atoms with Crippen LogP contribution in [0.3, 0.4) is 0 Å². The fraction of sp³-hybridized carbons (Fsp3) is 0.857. The van der Waals surface area contributed by atoms with Gasteiger partial charge in [-0.15, -0.1) is 6.58 Å². The van der Waals surface area contributed by atoms with Crippen molar-refractivity contribution in [3.05, 3.63) is 12.7 Å². The topological polar surface area (TPSA) is 6.48 Å². The third-order valence-corrected chi connectivity index (χ3v) is 4.01. The fourth-order valence-electron chi connectivity index (χ4n) is 2.82. The first kappa shape index (κ1) is 13.7. The van der Waals surface area contributed by atoms with Gasteiger partial charge in [-0.25, -0.2) is 0 Å². The van der Waals surface area contributed by atoms with E-state index in [1.54, 1.807) is 0 Å². The molecular weight excluding hydrogens is 196 g/mol. The first-order valence-electron chi connectivity index (χ1n) is 6.50. The Bertz CT molecular complexity index is 235. The molecule has 0 saturated carbocycles. The first-order chi connectivity index (χ1) is 7.40. The molecule has 0 radical (unpaired) electrons. The van der Waals surface area contributed by atoms with Gasteiger partial charge in [-0.2, -0.15) is 0 Å². The average Bonchev–Trinajstić information content (AvgIpc) is 2.53. The standard InChI is InChI=1S/C14H28N2/c1-8-13-9-15(7)14(12(6)10(2)3)16(13)11(4)5/h8,10-14H,1,9H2,2-7H3/t12?,13-,14?/m0/s1. The van der Waals surface area contributed by atoms with E-state index in [2.05, 4.69) is 64.1 Å². The maximum Gasteiger partial charge on any atom is 0.0657 e. The number of hydrogen-bond donors (Lipinski definition) is 0. The lowest BCUT2D eigenvalue weighted by Crippen LogP contribution is -2.48. The predicted octanol–water partition coefficient (Wildman–Crippen LogP) is 2.82. The summed E-state index contributed by atoms with van der Waals surface area (Å²) in [6.07, 6.45) is 2.66. The molecule has 2 unspecified atom stereocenters. The normalized spacial score (nSPS) is 30.2. The summed E-state index contributed by atoms with van der Waals surface area (Å²) in [5.41, 5.74) is 0. The summed E-state index contributed by atoms with van der Waals surface area (Å²) in [7, 11) is 2.24. The van der Waals surface area contributed by atoms with Crippen molar-refractivity contribution in [3.8, 4) is 0 Å². The van der Waals surface area contributed by atoms with Crippen LogP contribution >= 0.6 is 0 Å². The van der Waals surface area contributed by atoms with Crippen molar-refractivity contribution < 1.29 is 0 Å². The van der Waals surface area contributed by atoms with Gasteiger partial charge >= 0.3 is 0 Å². The lowest BCUT2D eigenvalue weighted by Gasteiger charge is -2.38. The monoisotopic (exact) mass is 224 g/mol. The summed E-state index contributed by atoms with van der Waals surface area (Å²) in [5.74, 6) is 1.41. The van der Waals surface area contributed by atoms with Gasteiger partial charge in [-0.05, 0) is 32.7 Å². The molecule has 2 nitrogen and oxygen atoms in total. The van der Waals surface area contributed by atoms with E-state index in [4.69, 9.17) is 0 Å². The minimum Gasteiger partial charge on any atom is -0.289 e. The summed E-state index contributed by atoms with van der Waals surface area (Å²) in [6.45, 7) is 16.7. The molecule has 0 aromatic heterocycles. The second-order valence-electron chi connectivity index (χ2n) is 5.80. The van der Waals surface area contributed by atoms with Crippen molar-refractivity contribution in [1.29, 1.82) is 0 Å². The van der Waals surface area contributed by atoms with Gasteiger partial charge in [0.15, 0.2) is 0 Å². The van der Waals surface area contributed by atoms with E-state index in [-0.39, 0.29) is 0 Å². The minimum absolute atomic E-state index is 0.510. The smallest absolute Gasteiger partial charge is 0.0657 e. The van der Waals surface area contributed by atoms with E-state index in [1.165, 1.54) is 0 Å². The molecular formula is C14H28N2. The van der Waals surface area contributed by atoms with Crippen LogP contribution < -0.4 is 0 Å². The lowest BCUT2D eigenvalue weighted by atomic mass is 9.93. The van der Waals surface area contributed by atoms with Crippen molar-refractivity contribution in [2.75, 3.05) is 13.6 Å². The van der Waals surface area contributed by atoms with Crippen LogP contribution in [0.5, 0.6) is 0 Å². The lowest BCUT2D eigenvalue weighted by molar-refractivity contribution is 0.0510. The van der Waals surface area contributed by atoms with Gasteiger partial charge in [-0.1, -0.05) is 26.8 Å². The molecule has 0 amide bonds. The van der Waals surface area contributed by atoms with E-state index in [0.29, 0.717) is 24.2 Å². The quantitative estimate of drug-likeness (QED) is 0.678. The highest BCUT2D eigenvalue weighted by Gasteiger charge is 2.40. The van der Waals surface area contributed by atoms with Gasteiger partial charge in [-0.3, -0.25) is 9.80 Å². The molecule has 0 aromatic rings. The molecule has 0 aromatic carbocycles. The van der Waals surface area contributed by atoms with E-state index in [9.17, 15) is 0 Å². The molecule has 0 spiro atoms. The van der Waals surface area contributed by atoms with Gasteiger partial charge in [0.1, 0.15) is 0 Å². The Balaban J connectivity index is 2.91. The van der Waals surface area contributed by atoms with Gasteiger partial charge in [0.25, 0.3) is 0 Å². The molecule has 16 heavy (non-hydrogen) atoms. The summed E-state index contributed by atoms with van der Waals surface area (Å²) in [6, 6.07) is 1.09. The Morgan fingerprint density at radius 2 is 1.75 bits per heavy atom. The van der Waals surface area contributed by atoms with Crippen LogP contribution in [0.4, 0.5) is 0 Å². The molecule has 1 aliphatic rings. The third-order valence-electron chi connectivity index (χ3n) is 4.01. The van der Waals surface area contributed by atoms with Crippen LogP contribution in [0.15, 0.2) is 12.7 Å². The van der Waals surface area contributed by atoms with Gasteiger partial charge < -0.3 is 0 Å². The zero-order valence-corrected chi connectivity index (χ0v) is 11.8. The highest BCUT2D eigenvalue weighted by atomic mass is 15.4. The molecule has 1 heterocycles. The molecule has 0 aliphatic carbocycles. The second kappa shape index (κ2) is 5.33. The van der Waals surface area contributed by atoms with Crippen LogP contribution in [0.2, 0.25) is 0 Å². The molecule has 0 N–H and O–H groups in total. The van der Waals surface area contributed by atoms with Crippen molar-refractivity contribution in [2.45, 2.75) is 52.9 Å². The van der Waals surface area contributed by atoms with Crippen LogP contribution in [0.1, 0.15) is 34.6 Å². The highest BCUT2D eigenvalue weighted by Crippen LogP contribution is 2.31. The van der Waals surface area contributed by atoms with Gasteiger partial charge in [0.2, 0.25) is 0 Å². The second-order valence-corrected chi connectivity index (χ2v) is 5.80. The SMILES string of the molecule is C=C[C@H]1CN(C)C(C(C)C(C)C)N1C(C)C. The molecule has 1 saturated heterocycles. The molecule has 0 bridgehead atoms. The first-order valence-corrected chi connectivity index (χ1v) is 6.50. The minimum atomic E-state index is 0.510. The fourth-order valence-corrected chi connectivity index (χ4v) is 2.82. The molecule has 1 aliphatic heterocycles. The highest BCUT2D eigenvalue weighted by molar-refractivity contribution is 5.00. The summed E-state index contributed by atoms with van der Waals surface area (Å²) in [5, 5.41) is 0. The zero-order chi connectivity index (χ0) is 12.5. The molecule has 3 atom stereocenters. The van der Waals surface area contributed by atoms with Gasteiger partial charge in [0, 0.05) is 18.6 Å². The maximum absolute atomic E-state index is 3.98. The number of nitrogens with zero attached hydrogens (tertiary/aromatic N) is 2. The largest absolute Gasteiger partial charge is 0.289 e. The maximum atomic E-state index is 3.98. The van der Waals surface area contributed by atoms with Crippen LogP contribution in [0.25, 0.3) is 0 Å². The van der Waals surface area contributed by atoms with Crippen LogP contribution in [-0.2, 0) is 0 Å². The van der Waals surface area contributed by atoms with Crippen LogP contribution in [-0.4, -0.2) is 41.6 Å². The van der Waals surface area contributed by atoms with Gasteiger partial charge in [0.05, 0.1) is 6.17 Å². The molecule has 2 heteroatoms. The Morgan fingerprint density at radius 3 is 2.12 bits per heavy atom. The Labute approximate surface area is 101 Å². The van der Waals surface area contributed by atoms with E-state index < -0.39 is 0 Å². The number of hydrogen-bond acceptors (Lipinski definition) is 2. The number of rotatable bonds is 4. The predicted molar refractivity (Wildman–Crippen MR) is 71.4 cm³/mol. The Kier molecular flexibility index (Phi) is 4.57. The summed E-state index contributed by atoms with van der Waals surface area (Å²) >= 11 is 0. The van der Waals surface area contributed by atoms with Crippen molar-refractivity contribution in [2.24, 2.45) is 11.8 Å². The molecule has 1 fully saturated rings. The van der Waals surface area contributed by atoms with Crippen molar-refractivity contribution >= 4 is 0 Å². The summed E-state index contributed by atoms with van der Waals surface area (Å²) < 4.78 is 0. The van der Waals surface area contributed by atoms with E-state index in [1.807, 2.05) is 0 Å². The van der Waals surface area contributed by atoms with E-state index in [0.717, 1.165) is 12.5 Å².